The van der Waals surface area contributed by atoms with Gasteiger partial charge in [-0.25, -0.2) is 0 Å². The lowest BCUT2D eigenvalue weighted by atomic mass is 9.94. The first-order chi connectivity index (χ1) is 28.5. The maximum Gasteiger partial charge on any atom is 0.264 e. The number of piperidine rings is 2. The Kier molecular flexibility index (Phi) is 15.5. The number of hydrogen-bond acceptors (Lipinski definition) is 11. The van der Waals surface area contributed by atoms with Gasteiger partial charge in [-0.05, 0) is 54.0 Å². The zero-order valence-electron chi connectivity index (χ0n) is 32.5. The maximum atomic E-state index is 13.6. The van der Waals surface area contributed by atoms with Crippen molar-refractivity contribution in [1.29, 1.82) is 0 Å². The van der Waals surface area contributed by atoms with Crippen molar-refractivity contribution in [3.63, 3.8) is 0 Å². The van der Waals surface area contributed by atoms with Gasteiger partial charge in [-0.1, -0.05) is 74.3 Å². The lowest BCUT2D eigenvalue weighted by molar-refractivity contribution is -0.149. The quantitative estimate of drug-likeness (QED) is 0.104. The number of Topliss-reactive ketones (excluding diaryl/α,β-unsaturated/α-hetero) is 1. The number of benzene rings is 3. The molecule has 0 radical (unpaired) electrons. The smallest absolute Gasteiger partial charge is 0.264 e. The normalized spacial score (nSPS) is 18.6. The van der Waals surface area contributed by atoms with E-state index in [4.69, 9.17) is 14.2 Å². The van der Waals surface area contributed by atoms with E-state index in [-0.39, 0.29) is 48.1 Å². The van der Waals surface area contributed by atoms with Crippen LogP contribution in [0.2, 0.25) is 0 Å². The number of ether oxygens (including phenoxy) is 3. The first-order valence-corrected chi connectivity index (χ1v) is 20.8. The van der Waals surface area contributed by atoms with Gasteiger partial charge < -0.3 is 24.8 Å². The lowest BCUT2D eigenvalue weighted by Gasteiger charge is -2.32. The van der Waals surface area contributed by atoms with Gasteiger partial charge >= 0.3 is 0 Å². The van der Waals surface area contributed by atoms with E-state index in [2.05, 4.69) is 42.5 Å². The number of anilines is 1. The molecule has 2 N–H and O–H groups in total. The minimum atomic E-state index is -1.01. The summed E-state index contributed by atoms with van der Waals surface area (Å²) in [6.45, 7) is 3.40. The molecule has 2 fully saturated rings. The summed E-state index contributed by atoms with van der Waals surface area (Å²) in [7, 11) is 1.36. The predicted molar refractivity (Wildman–Crippen MR) is 227 cm³/mol. The molecule has 1 atom stereocenters. The highest BCUT2D eigenvalue weighted by atomic mass is 79.9. The molecule has 3 aromatic carbocycles. The van der Waals surface area contributed by atoms with Crippen molar-refractivity contribution in [2.45, 2.75) is 18.9 Å². The number of nitrogens with zero attached hydrogens (tertiary/aromatic N) is 3. The number of likely N-dealkylation sites (N-methyl/N-ethyl adjacent to an activating group) is 1. The minimum Gasteiger partial charge on any atom is -0.382 e. The van der Waals surface area contributed by atoms with Gasteiger partial charge in [-0.3, -0.25) is 43.5 Å². The molecule has 5 amide bonds. The molecule has 14 nitrogen and oxygen atoms in total. The third-order valence-corrected chi connectivity index (χ3v) is 11.4. The minimum absolute atomic E-state index is 0.0466. The summed E-state index contributed by atoms with van der Waals surface area (Å²) in [4.78, 5) is 81.5. The monoisotopic (exact) mass is 933 g/mol. The van der Waals surface area contributed by atoms with E-state index in [1.165, 1.54) is 7.05 Å². The molecule has 0 saturated carbocycles. The molecule has 0 bridgehead atoms. The number of hydrogen-bond donors (Lipinski definition) is 2. The van der Waals surface area contributed by atoms with Crippen LogP contribution in [0, 0.1) is 0 Å². The zero-order chi connectivity index (χ0) is 41.9. The van der Waals surface area contributed by atoms with Crippen LogP contribution in [0.3, 0.4) is 0 Å². The van der Waals surface area contributed by atoms with Gasteiger partial charge in [0, 0.05) is 65.4 Å². The van der Waals surface area contributed by atoms with Gasteiger partial charge in [0.25, 0.3) is 17.7 Å². The summed E-state index contributed by atoms with van der Waals surface area (Å²) >= 11 is 7.13. The van der Waals surface area contributed by atoms with Crippen molar-refractivity contribution in [3.8, 4) is 0 Å². The van der Waals surface area contributed by atoms with E-state index in [1.54, 1.807) is 18.2 Å². The van der Waals surface area contributed by atoms with Crippen molar-refractivity contribution in [1.82, 2.24) is 20.0 Å². The fourth-order valence-electron chi connectivity index (χ4n) is 6.97. The van der Waals surface area contributed by atoms with Crippen molar-refractivity contribution < 1.29 is 43.0 Å². The Morgan fingerprint density at radius 1 is 0.746 bits per heavy atom. The van der Waals surface area contributed by atoms with E-state index in [0.29, 0.717) is 82.7 Å². The van der Waals surface area contributed by atoms with E-state index >= 15 is 0 Å². The molecular weight excluding hydrogens is 890 g/mol. The Hall–Kier alpha value is -4.84. The molecule has 16 heteroatoms. The molecule has 2 saturated heterocycles. The third kappa shape index (κ3) is 11.1. The predicted octanol–water partition coefficient (Wildman–Crippen LogP) is 4.58. The first kappa shape index (κ1) is 43.7. The maximum absolute atomic E-state index is 13.6. The molecule has 3 aliphatic rings. The molecule has 310 valence electrons. The topological polar surface area (TPSA) is 164 Å². The van der Waals surface area contributed by atoms with Crippen molar-refractivity contribution in [3.05, 3.63) is 109 Å². The summed E-state index contributed by atoms with van der Waals surface area (Å²) < 4.78 is 18.6. The second-order valence-electron chi connectivity index (χ2n) is 14.0. The summed E-state index contributed by atoms with van der Waals surface area (Å²) in [6, 6.07) is 19.3. The number of carbonyl (C=O) groups is 6. The molecule has 6 rings (SSSR count). The van der Waals surface area contributed by atoms with Crippen molar-refractivity contribution in [2.75, 3.05) is 84.7 Å². The number of likely N-dealkylation sites (tertiary alicyclic amines) is 2. The number of carbonyl (C=O) groups excluding carboxylic acids is 6. The number of halogens is 2. The largest absolute Gasteiger partial charge is 0.382 e. The van der Waals surface area contributed by atoms with E-state index in [9.17, 15) is 28.8 Å². The molecule has 0 aliphatic carbocycles. The number of rotatable bonds is 18. The average molecular weight is 936 g/mol. The fourth-order valence-corrected chi connectivity index (χ4v) is 7.77. The third-order valence-electron chi connectivity index (χ3n) is 9.96. The van der Waals surface area contributed by atoms with Crippen LogP contribution in [-0.4, -0.2) is 135 Å². The van der Waals surface area contributed by atoms with Crippen LogP contribution in [0.4, 0.5) is 5.69 Å². The van der Waals surface area contributed by atoms with Gasteiger partial charge in [0.1, 0.15) is 6.04 Å². The van der Waals surface area contributed by atoms with Crippen LogP contribution in [0.1, 0.15) is 44.7 Å². The van der Waals surface area contributed by atoms with E-state index < -0.39 is 23.8 Å². The van der Waals surface area contributed by atoms with Crippen LogP contribution >= 0.6 is 31.9 Å². The van der Waals surface area contributed by atoms with Crippen LogP contribution in [0.25, 0.3) is 12.2 Å². The summed E-state index contributed by atoms with van der Waals surface area (Å²) in [5.74, 6) is -2.24. The molecular formula is C43H45Br2N5O9. The highest BCUT2D eigenvalue weighted by Gasteiger charge is 2.47. The number of amides is 5. The highest BCUT2D eigenvalue weighted by Crippen LogP contribution is 2.33. The first-order valence-electron chi connectivity index (χ1n) is 19.3. The molecule has 3 heterocycles. The average Bonchev–Trinajstić information content (AvgIpc) is 3.48. The van der Waals surface area contributed by atoms with Gasteiger partial charge in [0.05, 0.1) is 57.3 Å². The van der Waals surface area contributed by atoms with Gasteiger partial charge in [-0.2, -0.15) is 0 Å². The second-order valence-corrected chi connectivity index (χ2v) is 15.7. The number of imide groups is 2. The Bertz CT molecular complexity index is 2090. The summed E-state index contributed by atoms with van der Waals surface area (Å²) in [5.41, 5.74) is 3.84. The van der Waals surface area contributed by atoms with Crippen molar-refractivity contribution in [2.24, 2.45) is 0 Å². The number of fused-ring (bicyclic) bond motifs is 1. The molecule has 0 aromatic heterocycles. The second kappa shape index (κ2) is 20.9. The Balaban J connectivity index is 0.854. The lowest BCUT2D eigenvalue weighted by Crippen LogP contribution is -2.54. The SMILES string of the molecule is CN1C(=O)CCC(N2C(=O)c3cccc(NCCOCCOCCOCCNC(=O)CN4C/C(=C\c5ccccc5Br)C(=O)/C(=C/c5ccccc5Br)C4)c3C2=O)C1=O. The molecule has 3 aliphatic heterocycles. The van der Waals surface area contributed by atoms with Crippen LogP contribution in [0.5, 0.6) is 0 Å². The molecule has 0 spiro atoms. The number of nitrogens with one attached hydrogen (secondary N) is 2. The van der Waals surface area contributed by atoms with E-state index in [1.807, 2.05) is 65.6 Å². The van der Waals surface area contributed by atoms with Crippen LogP contribution < -0.4 is 10.6 Å². The number of ketones is 1. The van der Waals surface area contributed by atoms with Gasteiger partial charge in [0.2, 0.25) is 11.8 Å². The summed E-state index contributed by atoms with van der Waals surface area (Å²) in [5, 5.41) is 6.04. The van der Waals surface area contributed by atoms with Crippen LogP contribution in [-0.2, 0) is 33.4 Å². The Labute approximate surface area is 359 Å². The molecule has 59 heavy (non-hydrogen) atoms. The molecule has 3 aromatic rings. The fraction of sp³-hybridized carbons (Fsp3) is 0.349. The zero-order valence-corrected chi connectivity index (χ0v) is 35.7. The van der Waals surface area contributed by atoms with Gasteiger partial charge in [0.15, 0.2) is 5.78 Å². The summed E-state index contributed by atoms with van der Waals surface area (Å²) in [6.07, 6.45) is 3.92. The highest BCUT2D eigenvalue weighted by molar-refractivity contribution is 9.10. The van der Waals surface area contributed by atoms with Crippen LogP contribution in [0.15, 0.2) is 86.8 Å². The standard InChI is InChI=1S/C43H45Br2N5O9/c1-48-38(52)14-13-36(42(48)55)50-41(54)32-9-6-12-35(39(32)43(50)56)46-15-17-57-19-21-59-22-20-58-18-16-47-37(51)27-49-25-30(23-28-7-2-4-10-33(28)44)40(53)31(26-49)24-29-8-3-5-11-34(29)45/h2-12,23-24,36,46H,13-22,25-27H2,1H3,(H,47,51)/b30-23+,31-24+. The van der Waals surface area contributed by atoms with Crippen molar-refractivity contribution >= 4 is 85.0 Å². The molecule has 1 unspecified atom stereocenters. The van der Waals surface area contributed by atoms with E-state index in [0.717, 1.165) is 29.9 Å². The Morgan fingerprint density at radius 3 is 1.93 bits per heavy atom. The Morgan fingerprint density at radius 2 is 1.32 bits per heavy atom. The van der Waals surface area contributed by atoms with Gasteiger partial charge in [-0.15, -0.1) is 0 Å².